The molecule has 8 nitrogen and oxygen atoms in total. The molecule has 0 radical (unpaired) electrons. The van der Waals surface area contributed by atoms with Gasteiger partial charge in [-0.1, -0.05) is 18.6 Å². The third-order valence-electron chi connectivity index (χ3n) is 5.59. The second-order valence-corrected chi connectivity index (χ2v) is 9.04. The van der Waals surface area contributed by atoms with Crippen LogP contribution in [-0.4, -0.2) is 26.6 Å². The molecule has 9 heteroatoms. The molecule has 2 N–H and O–H groups in total. The van der Waals surface area contributed by atoms with Crippen molar-refractivity contribution in [3.63, 3.8) is 0 Å². The first-order chi connectivity index (χ1) is 16.1. The van der Waals surface area contributed by atoms with Gasteiger partial charge in [0.15, 0.2) is 11.6 Å². The molecule has 5 rings (SSSR count). The van der Waals surface area contributed by atoms with Crippen LogP contribution in [0.15, 0.2) is 53.1 Å². The first-order valence-electron chi connectivity index (χ1n) is 10.9. The van der Waals surface area contributed by atoms with Crippen LogP contribution in [0.3, 0.4) is 0 Å². The number of carbonyl (C=O) groups is 2. The Hall–Kier alpha value is -3.72. The van der Waals surface area contributed by atoms with Gasteiger partial charge in [0, 0.05) is 24.2 Å². The summed E-state index contributed by atoms with van der Waals surface area (Å²) >= 11 is 1.22. The number of anilines is 2. The number of benzene rings is 1. The van der Waals surface area contributed by atoms with Crippen molar-refractivity contribution >= 4 is 33.8 Å². The smallest absolute Gasteiger partial charge is 0.291 e. The van der Waals surface area contributed by atoms with E-state index < -0.39 is 0 Å². The maximum atomic E-state index is 13.0. The molecular weight excluding hydrogens is 438 g/mol. The van der Waals surface area contributed by atoms with Crippen LogP contribution in [0.5, 0.6) is 0 Å². The van der Waals surface area contributed by atoms with Gasteiger partial charge in [-0.3, -0.25) is 9.59 Å². The molecule has 1 aromatic carbocycles. The molecule has 0 saturated heterocycles. The topological polar surface area (TPSA) is 102 Å². The minimum atomic E-state index is -0.353. The van der Waals surface area contributed by atoms with Crippen LogP contribution in [-0.2, 0) is 13.0 Å². The number of hydrogen-bond acceptors (Lipinski definition) is 6. The van der Waals surface area contributed by atoms with Crippen LogP contribution in [0.4, 0.5) is 10.7 Å². The first kappa shape index (κ1) is 21.1. The van der Waals surface area contributed by atoms with Crippen LogP contribution in [0, 0.1) is 6.92 Å². The maximum Gasteiger partial charge on any atom is 0.291 e. The Kier molecular flexibility index (Phi) is 5.78. The van der Waals surface area contributed by atoms with E-state index in [4.69, 9.17) is 4.42 Å². The van der Waals surface area contributed by atoms with Crippen molar-refractivity contribution in [2.24, 2.45) is 0 Å². The van der Waals surface area contributed by atoms with Gasteiger partial charge in [-0.2, -0.15) is 0 Å². The minimum Gasteiger partial charge on any atom is -0.459 e. The molecule has 0 aliphatic carbocycles. The summed E-state index contributed by atoms with van der Waals surface area (Å²) in [5, 5.41) is 15.1. The fourth-order valence-electron chi connectivity index (χ4n) is 3.97. The minimum absolute atomic E-state index is 0.218. The van der Waals surface area contributed by atoms with Crippen LogP contribution < -0.4 is 10.6 Å². The SMILES string of the molecule is Cc1cc(NC(=O)c2ccco2)sc1C(=O)Nc1cccc(-c2nnc3n2CCCCC3)c1. The number of fused-ring (bicyclic) bond motifs is 1. The average molecular weight is 462 g/mol. The van der Waals surface area contributed by atoms with Crippen LogP contribution in [0.25, 0.3) is 11.4 Å². The lowest BCUT2D eigenvalue weighted by Crippen LogP contribution is -2.11. The lowest BCUT2D eigenvalue weighted by atomic mass is 10.1. The zero-order valence-electron chi connectivity index (χ0n) is 18.1. The van der Waals surface area contributed by atoms with E-state index in [0.29, 0.717) is 15.6 Å². The Morgan fingerprint density at radius 2 is 1.94 bits per heavy atom. The Bertz CT molecular complexity index is 1310. The van der Waals surface area contributed by atoms with E-state index in [1.165, 1.54) is 24.0 Å². The Morgan fingerprint density at radius 3 is 2.79 bits per heavy atom. The average Bonchev–Trinajstić information content (AvgIpc) is 3.52. The van der Waals surface area contributed by atoms with Gasteiger partial charge in [0.1, 0.15) is 5.82 Å². The fourth-order valence-corrected chi connectivity index (χ4v) is 4.94. The van der Waals surface area contributed by atoms with Gasteiger partial charge in [0.2, 0.25) is 0 Å². The van der Waals surface area contributed by atoms with Crippen LogP contribution in [0.2, 0.25) is 0 Å². The summed E-state index contributed by atoms with van der Waals surface area (Å²) in [4.78, 5) is 25.7. The van der Waals surface area contributed by atoms with Gasteiger partial charge >= 0.3 is 0 Å². The number of amides is 2. The normalized spacial score (nSPS) is 13.2. The first-order valence-corrected chi connectivity index (χ1v) is 11.7. The van der Waals surface area contributed by atoms with Crippen LogP contribution in [0.1, 0.15) is 50.9 Å². The Balaban J connectivity index is 1.32. The largest absolute Gasteiger partial charge is 0.459 e. The molecule has 0 saturated carbocycles. The summed E-state index contributed by atoms with van der Waals surface area (Å²) < 4.78 is 7.30. The number of nitrogens with one attached hydrogen (secondary N) is 2. The third kappa shape index (κ3) is 4.45. The van der Waals surface area contributed by atoms with Gasteiger partial charge in [-0.15, -0.1) is 21.5 Å². The molecule has 0 unspecified atom stereocenters. The molecule has 1 aliphatic rings. The van der Waals surface area contributed by atoms with Gasteiger partial charge in [-0.05, 0) is 55.7 Å². The van der Waals surface area contributed by atoms with Gasteiger partial charge < -0.3 is 19.6 Å². The molecule has 3 aromatic heterocycles. The van der Waals surface area contributed by atoms with Crippen molar-refractivity contribution in [3.05, 3.63) is 70.8 Å². The number of rotatable bonds is 5. The maximum absolute atomic E-state index is 13.0. The molecule has 2 amide bonds. The van der Waals surface area contributed by atoms with E-state index in [1.807, 2.05) is 31.2 Å². The van der Waals surface area contributed by atoms with Gasteiger partial charge in [0.05, 0.1) is 16.1 Å². The molecular formula is C24H23N5O3S. The summed E-state index contributed by atoms with van der Waals surface area (Å²) in [6, 6.07) is 12.7. The molecule has 0 fully saturated rings. The number of furan rings is 1. The van der Waals surface area contributed by atoms with Crippen molar-refractivity contribution in [1.82, 2.24) is 14.8 Å². The van der Waals surface area contributed by atoms with E-state index in [1.54, 1.807) is 18.2 Å². The summed E-state index contributed by atoms with van der Waals surface area (Å²) in [6.07, 6.45) is 5.84. The number of hydrogen-bond donors (Lipinski definition) is 2. The molecule has 0 atom stereocenters. The highest BCUT2D eigenvalue weighted by molar-refractivity contribution is 7.18. The molecule has 4 aromatic rings. The predicted octanol–water partition coefficient (Wildman–Crippen LogP) is 5.14. The lowest BCUT2D eigenvalue weighted by Gasteiger charge is -2.09. The van der Waals surface area contributed by atoms with E-state index in [-0.39, 0.29) is 17.6 Å². The lowest BCUT2D eigenvalue weighted by molar-refractivity contribution is 0.0995. The molecule has 4 heterocycles. The van der Waals surface area contributed by atoms with Crippen molar-refractivity contribution in [2.45, 2.75) is 39.2 Å². The number of aryl methyl sites for hydroxylation is 2. The Labute approximate surface area is 194 Å². The van der Waals surface area contributed by atoms with Crippen molar-refractivity contribution in [3.8, 4) is 11.4 Å². The number of nitrogens with zero attached hydrogens (tertiary/aromatic N) is 3. The van der Waals surface area contributed by atoms with Gasteiger partial charge in [-0.25, -0.2) is 0 Å². The molecule has 1 aliphatic heterocycles. The predicted molar refractivity (Wildman–Crippen MR) is 127 cm³/mol. The van der Waals surface area contributed by atoms with Crippen molar-refractivity contribution in [1.29, 1.82) is 0 Å². The van der Waals surface area contributed by atoms with Crippen LogP contribution >= 0.6 is 11.3 Å². The van der Waals surface area contributed by atoms with Gasteiger partial charge in [0.25, 0.3) is 11.8 Å². The monoisotopic (exact) mass is 461 g/mol. The van der Waals surface area contributed by atoms with E-state index in [9.17, 15) is 9.59 Å². The summed E-state index contributed by atoms with van der Waals surface area (Å²) in [6.45, 7) is 2.75. The number of thiophene rings is 1. The fraction of sp³-hybridized carbons (Fsp3) is 0.250. The number of aromatic nitrogens is 3. The van der Waals surface area contributed by atoms with Crippen molar-refractivity contribution < 1.29 is 14.0 Å². The second kappa shape index (κ2) is 9.03. The molecule has 168 valence electrons. The van der Waals surface area contributed by atoms with E-state index in [2.05, 4.69) is 25.4 Å². The third-order valence-corrected chi connectivity index (χ3v) is 6.75. The summed E-state index contributed by atoms with van der Waals surface area (Å²) in [7, 11) is 0. The Morgan fingerprint density at radius 1 is 1.03 bits per heavy atom. The summed E-state index contributed by atoms with van der Waals surface area (Å²) in [5.41, 5.74) is 2.38. The number of carbonyl (C=O) groups excluding carboxylic acids is 2. The summed E-state index contributed by atoms with van der Waals surface area (Å²) in [5.74, 6) is 1.49. The zero-order valence-corrected chi connectivity index (χ0v) is 18.9. The highest BCUT2D eigenvalue weighted by Gasteiger charge is 2.19. The standard InChI is InChI=1S/C24H23N5O3S/c1-15-13-20(26-23(30)18-9-6-12-32-18)33-21(15)24(31)25-17-8-5-7-16(14-17)22-28-27-19-10-3-2-4-11-29(19)22/h5-9,12-14H,2-4,10-11H2,1H3,(H,25,31)(H,26,30). The zero-order chi connectivity index (χ0) is 22.8. The highest BCUT2D eigenvalue weighted by atomic mass is 32.1. The highest BCUT2D eigenvalue weighted by Crippen LogP contribution is 2.29. The quantitative estimate of drug-likeness (QED) is 0.428. The second-order valence-electron chi connectivity index (χ2n) is 7.99. The molecule has 0 bridgehead atoms. The van der Waals surface area contributed by atoms with E-state index in [0.717, 1.165) is 48.6 Å². The van der Waals surface area contributed by atoms with Crippen molar-refractivity contribution in [2.75, 3.05) is 10.6 Å². The molecule has 0 spiro atoms. The van der Waals surface area contributed by atoms with E-state index >= 15 is 0 Å². The molecule has 33 heavy (non-hydrogen) atoms.